The number of hydrogen-bond acceptors (Lipinski definition) is 4. The van der Waals surface area contributed by atoms with Gasteiger partial charge >= 0.3 is 0 Å². The Morgan fingerprint density at radius 2 is 2.10 bits per heavy atom. The molecule has 0 aliphatic carbocycles. The molecule has 0 saturated carbocycles. The number of anilines is 3. The molecular weight excluding hydrogens is 325 g/mol. The van der Waals surface area contributed by atoms with Gasteiger partial charge in [-0.2, -0.15) is 4.98 Å². The third-order valence-electron chi connectivity index (χ3n) is 2.92. The fraction of sp³-hybridized carbons (Fsp3) is 0.0714. The molecular formula is C14H11BrFN3O. The van der Waals surface area contributed by atoms with Crippen molar-refractivity contribution < 1.29 is 8.81 Å². The minimum atomic E-state index is -0.349. The van der Waals surface area contributed by atoms with Crippen molar-refractivity contribution >= 4 is 44.4 Å². The molecule has 3 N–H and O–H groups in total. The number of fused-ring (bicyclic) bond motifs is 1. The van der Waals surface area contributed by atoms with Crippen molar-refractivity contribution in [2.45, 2.75) is 6.92 Å². The maximum atomic E-state index is 13.6. The summed E-state index contributed by atoms with van der Waals surface area (Å²) in [6, 6.07) is 8.60. The Bertz CT molecular complexity index is 800. The van der Waals surface area contributed by atoms with E-state index in [0.717, 1.165) is 5.56 Å². The number of benzene rings is 2. The molecule has 0 spiro atoms. The molecule has 1 heterocycles. The Kier molecular flexibility index (Phi) is 3.10. The molecule has 4 nitrogen and oxygen atoms in total. The highest BCUT2D eigenvalue weighted by molar-refractivity contribution is 9.10. The van der Waals surface area contributed by atoms with E-state index in [1.165, 1.54) is 6.07 Å². The van der Waals surface area contributed by atoms with Crippen LogP contribution in [0.3, 0.4) is 0 Å². The first-order valence-corrected chi connectivity index (χ1v) is 6.71. The van der Waals surface area contributed by atoms with Crippen LogP contribution in [0.15, 0.2) is 39.2 Å². The van der Waals surface area contributed by atoms with E-state index >= 15 is 0 Å². The topological polar surface area (TPSA) is 64.1 Å². The number of nitrogens with zero attached hydrogens (tertiary/aromatic N) is 1. The Hall–Kier alpha value is -2.08. The summed E-state index contributed by atoms with van der Waals surface area (Å²) in [5.41, 5.74) is 9.04. The second kappa shape index (κ2) is 4.79. The van der Waals surface area contributed by atoms with Crippen LogP contribution in [0.1, 0.15) is 5.56 Å². The molecule has 0 saturated heterocycles. The maximum Gasteiger partial charge on any atom is 0.300 e. The first-order chi connectivity index (χ1) is 9.52. The summed E-state index contributed by atoms with van der Waals surface area (Å²) in [5.74, 6) is -0.349. The predicted octanol–water partition coefficient (Wildman–Crippen LogP) is 4.36. The molecule has 2 aromatic carbocycles. The van der Waals surface area contributed by atoms with Gasteiger partial charge in [0.1, 0.15) is 11.3 Å². The number of hydrogen-bond donors (Lipinski definition) is 2. The molecule has 0 aliphatic heterocycles. The van der Waals surface area contributed by atoms with E-state index in [2.05, 4.69) is 26.2 Å². The lowest BCUT2D eigenvalue weighted by molar-refractivity contribution is 0.617. The van der Waals surface area contributed by atoms with E-state index in [-0.39, 0.29) is 5.82 Å². The summed E-state index contributed by atoms with van der Waals surface area (Å²) in [5, 5.41) is 2.97. The highest BCUT2D eigenvalue weighted by Crippen LogP contribution is 2.28. The zero-order chi connectivity index (χ0) is 14.3. The lowest BCUT2D eigenvalue weighted by Gasteiger charge is -2.07. The van der Waals surface area contributed by atoms with Crippen molar-refractivity contribution in [3.05, 3.63) is 46.2 Å². The second-order valence-electron chi connectivity index (χ2n) is 4.45. The summed E-state index contributed by atoms with van der Waals surface area (Å²) in [4.78, 5) is 4.27. The third-order valence-corrected chi connectivity index (χ3v) is 3.53. The molecule has 0 unspecified atom stereocenters. The average molecular weight is 336 g/mol. The van der Waals surface area contributed by atoms with Crippen LogP contribution in [0.4, 0.5) is 21.8 Å². The van der Waals surface area contributed by atoms with Gasteiger partial charge in [-0.1, -0.05) is 0 Å². The molecule has 20 heavy (non-hydrogen) atoms. The molecule has 102 valence electrons. The summed E-state index contributed by atoms with van der Waals surface area (Å²) >= 11 is 3.15. The largest absolute Gasteiger partial charge is 0.423 e. The van der Waals surface area contributed by atoms with E-state index in [1.54, 1.807) is 24.3 Å². The Balaban J connectivity index is 1.99. The van der Waals surface area contributed by atoms with Crippen LogP contribution < -0.4 is 11.1 Å². The van der Waals surface area contributed by atoms with Gasteiger partial charge in [-0.15, -0.1) is 0 Å². The van der Waals surface area contributed by atoms with Crippen molar-refractivity contribution in [3.63, 3.8) is 0 Å². The van der Waals surface area contributed by atoms with Gasteiger partial charge in [-0.25, -0.2) is 4.39 Å². The molecule has 0 atom stereocenters. The highest BCUT2D eigenvalue weighted by Gasteiger charge is 2.10. The van der Waals surface area contributed by atoms with Gasteiger partial charge in [0.15, 0.2) is 5.58 Å². The van der Waals surface area contributed by atoms with Crippen LogP contribution in [0.25, 0.3) is 11.1 Å². The molecule has 0 amide bonds. The van der Waals surface area contributed by atoms with Crippen LogP contribution in [0.5, 0.6) is 0 Å². The van der Waals surface area contributed by atoms with Gasteiger partial charge in [0.2, 0.25) is 0 Å². The van der Waals surface area contributed by atoms with Crippen LogP contribution in [-0.4, -0.2) is 4.98 Å². The first-order valence-electron chi connectivity index (χ1n) is 5.91. The number of aryl methyl sites for hydroxylation is 1. The first kappa shape index (κ1) is 12.9. The summed E-state index contributed by atoms with van der Waals surface area (Å²) < 4.78 is 19.5. The van der Waals surface area contributed by atoms with Gasteiger partial charge in [-0.3, -0.25) is 0 Å². The minimum Gasteiger partial charge on any atom is -0.423 e. The van der Waals surface area contributed by atoms with E-state index < -0.39 is 0 Å². The predicted molar refractivity (Wildman–Crippen MR) is 80.5 cm³/mol. The monoisotopic (exact) mass is 335 g/mol. The van der Waals surface area contributed by atoms with Crippen molar-refractivity contribution in [3.8, 4) is 0 Å². The number of oxazole rings is 1. The molecule has 0 radical (unpaired) electrons. The normalized spacial score (nSPS) is 10.9. The van der Waals surface area contributed by atoms with Crippen molar-refractivity contribution in [2.75, 3.05) is 11.1 Å². The lowest BCUT2D eigenvalue weighted by Crippen LogP contribution is -1.94. The van der Waals surface area contributed by atoms with Gasteiger partial charge in [0.25, 0.3) is 6.01 Å². The Morgan fingerprint density at radius 3 is 2.90 bits per heavy atom. The van der Waals surface area contributed by atoms with E-state index in [1.807, 2.05) is 6.92 Å². The van der Waals surface area contributed by atoms with Gasteiger partial charge in [-0.05, 0) is 52.7 Å². The Morgan fingerprint density at radius 1 is 1.30 bits per heavy atom. The van der Waals surface area contributed by atoms with Crippen LogP contribution in [-0.2, 0) is 0 Å². The molecule has 0 bridgehead atoms. The highest BCUT2D eigenvalue weighted by atomic mass is 79.9. The molecule has 3 rings (SSSR count). The smallest absolute Gasteiger partial charge is 0.300 e. The van der Waals surface area contributed by atoms with Crippen LogP contribution in [0.2, 0.25) is 0 Å². The number of halogens is 2. The molecule has 0 aliphatic rings. The van der Waals surface area contributed by atoms with Crippen LogP contribution in [0, 0.1) is 12.7 Å². The second-order valence-corrected chi connectivity index (χ2v) is 5.31. The van der Waals surface area contributed by atoms with Gasteiger partial charge in [0.05, 0.1) is 4.47 Å². The number of nitrogens with one attached hydrogen (secondary N) is 1. The van der Waals surface area contributed by atoms with E-state index in [9.17, 15) is 4.39 Å². The molecule has 1 aromatic heterocycles. The SMILES string of the molecule is Cc1cc(Br)c(F)cc1Nc1nc2ccc(N)cc2o1. The molecule has 3 aromatic rings. The Labute approximate surface area is 122 Å². The quantitative estimate of drug-likeness (QED) is 0.683. The van der Waals surface area contributed by atoms with E-state index in [4.69, 9.17) is 10.2 Å². The number of rotatable bonds is 2. The van der Waals surface area contributed by atoms with Crippen LogP contribution >= 0.6 is 15.9 Å². The number of aromatic nitrogens is 1. The van der Waals surface area contributed by atoms with Gasteiger partial charge < -0.3 is 15.5 Å². The van der Waals surface area contributed by atoms with Crippen molar-refractivity contribution in [1.82, 2.24) is 4.98 Å². The fourth-order valence-corrected chi connectivity index (χ4v) is 2.35. The number of nitrogens with two attached hydrogens (primary N) is 1. The average Bonchev–Trinajstić information content (AvgIpc) is 2.77. The van der Waals surface area contributed by atoms with Crippen molar-refractivity contribution in [1.29, 1.82) is 0 Å². The summed E-state index contributed by atoms with van der Waals surface area (Å²) in [6.07, 6.45) is 0. The molecule has 0 fully saturated rings. The van der Waals surface area contributed by atoms with Crippen molar-refractivity contribution in [2.24, 2.45) is 0 Å². The third kappa shape index (κ3) is 2.34. The summed E-state index contributed by atoms with van der Waals surface area (Å²) in [7, 11) is 0. The standard InChI is InChI=1S/C14H11BrFN3O/c1-7-4-9(15)10(16)6-12(7)19-14-18-11-3-2-8(17)5-13(11)20-14/h2-6H,17H2,1H3,(H,18,19). The lowest BCUT2D eigenvalue weighted by atomic mass is 10.2. The van der Waals surface area contributed by atoms with E-state index in [0.29, 0.717) is 33.0 Å². The fourth-order valence-electron chi connectivity index (χ4n) is 1.89. The number of nitrogen functional groups attached to an aromatic ring is 1. The molecule has 6 heteroatoms. The summed E-state index contributed by atoms with van der Waals surface area (Å²) in [6.45, 7) is 1.87. The van der Waals surface area contributed by atoms with Gasteiger partial charge in [0, 0.05) is 17.4 Å². The minimum absolute atomic E-state index is 0.301. The maximum absolute atomic E-state index is 13.6. The zero-order valence-electron chi connectivity index (χ0n) is 10.6. The zero-order valence-corrected chi connectivity index (χ0v) is 12.2.